The largest absolute Gasteiger partial charge is 0.367 e. The zero-order chi connectivity index (χ0) is 13.1. The van der Waals surface area contributed by atoms with E-state index >= 15 is 0 Å². The summed E-state index contributed by atoms with van der Waals surface area (Å²) < 4.78 is 0. The van der Waals surface area contributed by atoms with Gasteiger partial charge in [0.1, 0.15) is 0 Å². The summed E-state index contributed by atoms with van der Waals surface area (Å²) in [5.41, 5.74) is 2.34. The number of hydrogen-bond donors (Lipinski definition) is 0. The molecule has 0 saturated heterocycles. The van der Waals surface area contributed by atoms with E-state index in [0.29, 0.717) is 11.8 Å². The van der Waals surface area contributed by atoms with E-state index in [0.717, 1.165) is 25.2 Å². The van der Waals surface area contributed by atoms with Crippen LogP contribution in [0.5, 0.6) is 0 Å². The van der Waals surface area contributed by atoms with Crippen LogP contribution in [-0.2, 0) is 0 Å². The molecule has 0 aliphatic carbocycles. The molecule has 1 heterocycles. The number of benzene rings is 1. The fourth-order valence-electron chi connectivity index (χ4n) is 2.15. The number of rotatable bonds is 3. The minimum atomic E-state index is -0.488. The number of hydrogen-bond acceptors (Lipinski definition) is 4. The molecule has 0 amide bonds. The van der Waals surface area contributed by atoms with Gasteiger partial charge in [-0.15, -0.1) is 0 Å². The summed E-state index contributed by atoms with van der Waals surface area (Å²) in [7, 11) is 0. The number of non-ortho nitro benzene ring substituents is 1. The van der Waals surface area contributed by atoms with Gasteiger partial charge in [-0.2, -0.15) is 0 Å². The highest BCUT2D eigenvalue weighted by molar-refractivity contribution is 5.86. The van der Waals surface area contributed by atoms with Crippen molar-refractivity contribution in [3.63, 3.8) is 0 Å². The van der Waals surface area contributed by atoms with Crippen molar-refractivity contribution in [1.29, 1.82) is 0 Å². The van der Waals surface area contributed by atoms with Gasteiger partial charge in [-0.05, 0) is 19.4 Å². The van der Waals surface area contributed by atoms with Crippen molar-refractivity contribution in [2.75, 3.05) is 18.0 Å². The molecule has 1 aromatic rings. The first kappa shape index (κ1) is 12.3. The topological polar surface area (TPSA) is 63.4 Å². The van der Waals surface area contributed by atoms with Crippen LogP contribution in [0.4, 0.5) is 11.4 Å². The van der Waals surface area contributed by atoms with Crippen molar-refractivity contribution in [3.05, 3.63) is 45.5 Å². The fourth-order valence-corrected chi connectivity index (χ4v) is 2.15. The van der Waals surface area contributed by atoms with E-state index in [-0.39, 0.29) is 5.69 Å². The van der Waals surface area contributed by atoms with E-state index in [2.05, 4.69) is 11.0 Å². The number of nitro benzene ring substituents is 1. The minimum absolute atomic E-state index is 0.0508. The van der Waals surface area contributed by atoms with Crippen molar-refractivity contribution >= 4 is 17.7 Å². The maximum absolute atomic E-state index is 11.1. The van der Waals surface area contributed by atoms with Gasteiger partial charge in [0.15, 0.2) is 6.29 Å². The molecule has 0 atom stereocenters. The smallest absolute Gasteiger partial charge is 0.270 e. The maximum Gasteiger partial charge on any atom is 0.270 e. The molecule has 0 aromatic heterocycles. The molecule has 0 radical (unpaired) electrons. The van der Waals surface area contributed by atoms with Gasteiger partial charge in [0.05, 0.1) is 4.92 Å². The van der Waals surface area contributed by atoms with Crippen LogP contribution in [0.2, 0.25) is 0 Å². The Hall–Kier alpha value is -2.17. The van der Waals surface area contributed by atoms with Crippen LogP contribution in [0.1, 0.15) is 23.7 Å². The monoisotopic (exact) mass is 246 g/mol. The highest BCUT2D eigenvalue weighted by Gasteiger charge is 2.17. The van der Waals surface area contributed by atoms with Crippen LogP contribution in [0, 0.1) is 10.1 Å². The Morgan fingerprint density at radius 3 is 2.83 bits per heavy atom. The zero-order valence-corrected chi connectivity index (χ0v) is 10.1. The number of aldehydes is 1. The Bertz CT molecular complexity index is 523. The van der Waals surface area contributed by atoms with Crippen molar-refractivity contribution in [1.82, 2.24) is 0 Å². The summed E-state index contributed by atoms with van der Waals surface area (Å²) in [5.74, 6) is 0. The standard InChI is InChI=1S/C13H14N2O3/c1-10-3-2-6-14(8-10)13-5-4-12(15(17)18)7-11(13)9-16/h3-5,7,9H,2,6,8H2,1H3. The lowest BCUT2D eigenvalue weighted by molar-refractivity contribution is -0.384. The van der Waals surface area contributed by atoms with Crippen LogP contribution in [0.3, 0.4) is 0 Å². The highest BCUT2D eigenvalue weighted by atomic mass is 16.6. The van der Waals surface area contributed by atoms with E-state index < -0.39 is 4.92 Å². The van der Waals surface area contributed by atoms with Gasteiger partial charge in [-0.25, -0.2) is 0 Å². The number of nitro groups is 1. The molecule has 0 bridgehead atoms. The second kappa shape index (κ2) is 5.00. The SMILES string of the molecule is CC1=CCCN(c2ccc([N+](=O)[O-])cc2C=O)C1. The summed E-state index contributed by atoms with van der Waals surface area (Å²) in [5, 5.41) is 10.7. The third-order valence-corrected chi connectivity index (χ3v) is 3.02. The fraction of sp³-hybridized carbons (Fsp3) is 0.308. The molecule has 5 nitrogen and oxygen atoms in total. The average molecular weight is 246 g/mol. The summed E-state index contributed by atoms with van der Waals surface area (Å²) >= 11 is 0. The average Bonchev–Trinajstić information content (AvgIpc) is 2.37. The number of nitrogens with zero attached hydrogens (tertiary/aromatic N) is 2. The first-order valence-electron chi connectivity index (χ1n) is 5.76. The normalized spacial score (nSPS) is 15.2. The Balaban J connectivity index is 2.36. The third-order valence-electron chi connectivity index (χ3n) is 3.02. The van der Waals surface area contributed by atoms with Crippen molar-refractivity contribution < 1.29 is 9.72 Å². The first-order chi connectivity index (χ1) is 8.61. The lowest BCUT2D eigenvalue weighted by Crippen LogP contribution is -2.29. The quantitative estimate of drug-likeness (QED) is 0.356. The Labute approximate surface area is 105 Å². The van der Waals surface area contributed by atoms with Gasteiger partial charge >= 0.3 is 0 Å². The van der Waals surface area contributed by atoms with Crippen LogP contribution in [0.25, 0.3) is 0 Å². The van der Waals surface area contributed by atoms with Gasteiger partial charge in [-0.1, -0.05) is 11.6 Å². The van der Waals surface area contributed by atoms with Gasteiger partial charge < -0.3 is 4.90 Å². The highest BCUT2D eigenvalue weighted by Crippen LogP contribution is 2.26. The summed E-state index contributed by atoms with van der Waals surface area (Å²) in [6.45, 7) is 3.63. The summed E-state index contributed by atoms with van der Waals surface area (Å²) in [6.07, 6.45) is 3.78. The van der Waals surface area contributed by atoms with Crippen LogP contribution in [0.15, 0.2) is 29.8 Å². The van der Waals surface area contributed by atoms with Crippen LogP contribution in [-0.4, -0.2) is 24.3 Å². The molecular formula is C13H14N2O3. The Kier molecular flexibility index (Phi) is 3.41. The maximum atomic E-state index is 11.1. The molecule has 2 rings (SSSR count). The molecule has 1 aromatic carbocycles. The molecule has 0 unspecified atom stereocenters. The molecule has 18 heavy (non-hydrogen) atoms. The molecule has 0 spiro atoms. The molecule has 0 N–H and O–H groups in total. The van der Waals surface area contributed by atoms with E-state index in [1.165, 1.54) is 17.7 Å². The molecule has 1 aliphatic heterocycles. The van der Waals surface area contributed by atoms with Gasteiger partial charge in [0.25, 0.3) is 5.69 Å². The molecule has 5 heteroatoms. The van der Waals surface area contributed by atoms with E-state index in [1.54, 1.807) is 6.07 Å². The number of carbonyl (C=O) groups excluding carboxylic acids is 1. The van der Waals surface area contributed by atoms with Gasteiger partial charge in [-0.3, -0.25) is 14.9 Å². The van der Waals surface area contributed by atoms with Crippen LogP contribution < -0.4 is 4.90 Å². The number of carbonyl (C=O) groups is 1. The molecule has 94 valence electrons. The molecule has 0 saturated carbocycles. The van der Waals surface area contributed by atoms with Crippen molar-refractivity contribution in [2.24, 2.45) is 0 Å². The second-order valence-electron chi connectivity index (χ2n) is 4.38. The summed E-state index contributed by atoms with van der Waals surface area (Å²) in [6, 6.07) is 4.42. The summed E-state index contributed by atoms with van der Waals surface area (Å²) in [4.78, 5) is 23.3. The van der Waals surface area contributed by atoms with Crippen molar-refractivity contribution in [2.45, 2.75) is 13.3 Å². The molecule has 1 aliphatic rings. The van der Waals surface area contributed by atoms with Gasteiger partial charge in [0, 0.05) is 36.5 Å². The minimum Gasteiger partial charge on any atom is -0.367 e. The predicted molar refractivity (Wildman–Crippen MR) is 69.1 cm³/mol. The van der Waals surface area contributed by atoms with E-state index in [4.69, 9.17) is 0 Å². The van der Waals surface area contributed by atoms with Crippen molar-refractivity contribution in [3.8, 4) is 0 Å². The van der Waals surface area contributed by atoms with E-state index in [9.17, 15) is 14.9 Å². The number of anilines is 1. The zero-order valence-electron chi connectivity index (χ0n) is 10.1. The lowest BCUT2D eigenvalue weighted by Gasteiger charge is -2.29. The second-order valence-corrected chi connectivity index (χ2v) is 4.38. The van der Waals surface area contributed by atoms with Crippen LogP contribution >= 0.6 is 0 Å². The Morgan fingerprint density at radius 1 is 1.44 bits per heavy atom. The Morgan fingerprint density at radius 2 is 2.22 bits per heavy atom. The molecule has 0 fully saturated rings. The van der Waals surface area contributed by atoms with Gasteiger partial charge in [0.2, 0.25) is 0 Å². The lowest BCUT2D eigenvalue weighted by atomic mass is 10.1. The first-order valence-corrected chi connectivity index (χ1v) is 5.76. The molecular weight excluding hydrogens is 232 g/mol. The predicted octanol–water partition coefficient (Wildman–Crippen LogP) is 2.56. The third kappa shape index (κ3) is 2.40. The van der Waals surface area contributed by atoms with E-state index in [1.807, 2.05) is 6.92 Å².